The Bertz CT molecular complexity index is 1330. The number of sulfonamides is 1. The maximum Gasteiger partial charge on any atom is 0.264 e. The molecule has 0 radical (unpaired) electrons. The Morgan fingerprint density at radius 1 is 0.919 bits per heavy atom. The van der Waals surface area contributed by atoms with Crippen molar-refractivity contribution in [2.75, 3.05) is 10.8 Å². The third-order valence-corrected chi connectivity index (χ3v) is 7.55. The lowest BCUT2D eigenvalue weighted by atomic mass is 10.1. The SMILES string of the molecule is Cc1cccc(CN(C(=O)CN(c2ccccc2)S(=O)(=O)c2ccc(F)cc2)C(C)C(=O)NC(C)C)c1. The molecule has 3 rings (SSSR count). The van der Waals surface area contributed by atoms with Crippen molar-refractivity contribution < 1.29 is 22.4 Å². The number of aryl methyl sites for hydroxylation is 1. The second-order valence-corrected chi connectivity index (χ2v) is 11.0. The van der Waals surface area contributed by atoms with E-state index in [1.165, 1.54) is 4.90 Å². The zero-order valence-corrected chi connectivity index (χ0v) is 22.2. The average Bonchev–Trinajstić information content (AvgIpc) is 2.85. The van der Waals surface area contributed by atoms with Crippen molar-refractivity contribution in [2.24, 2.45) is 0 Å². The topological polar surface area (TPSA) is 86.8 Å². The number of hydrogen-bond acceptors (Lipinski definition) is 4. The van der Waals surface area contributed by atoms with Crippen LogP contribution in [0.4, 0.5) is 10.1 Å². The van der Waals surface area contributed by atoms with Crippen molar-refractivity contribution in [2.45, 2.75) is 51.2 Å². The van der Waals surface area contributed by atoms with Crippen LogP contribution in [-0.2, 0) is 26.2 Å². The molecular formula is C28H32FN3O4S. The number of nitrogens with zero attached hydrogens (tertiary/aromatic N) is 2. The maximum atomic E-state index is 13.8. The van der Waals surface area contributed by atoms with Gasteiger partial charge < -0.3 is 10.2 Å². The summed E-state index contributed by atoms with van der Waals surface area (Å²) in [6.45, 7) is 6.76. The fourth-order valence-electron chi connectivity index (χ4n) is 3.85. The van der Waals surface area contributed by atoms with E-state index >= 15 is 0 Å². The smallest absolute Gasteiger partial charge is 0.264 e. The summed E-state index contributed by atoms with van der Waals surface area (Å²) >= 11 is 0. The number of amides is 2. The van der Waals surface area contributed by atoms with Gasteiger partial charge in [0.05, 0.1) is 10.6 Å². The molecule has 1 unspecified atom stereocenters. The van der Waals surface area contributed by atoms with Crippen LogP contribution in [0.2, 0.25) is 0 Å². The molecule has 0 saturated carbocycles. The first kappa shape index (κ1) is 27.9. The third-order valence-electron chi connectivity index (χ3n) is 5.76. The lowest BCUT2D eigenvalue weighted by molar-refractivity contribution is -0.139. The summed E-state index contributed by atoms with van der Waals surface area (Å²) in [7, 11) is -4.23. The molecule has 0 aliphatic carbocycles. The van der Waals surface area contributed by atoms with E-state index < -0.39 is 34.3 Å². The number of anilines is 1. The molecule has 3 aromatic rings. The summed E-state index contributed by atoms with van der Waals surface area (Å²) in [5.74, 6) is -1.47. The van der Waals surface area contributed by atoms with Gasteiger partial charge in [0.1, 0.15) is 18.4 Å². The monoisotopic (exact) mass is 525 g/mol. The highest BCUT2D eigenvalue weighted by Gasteiger charge is 2.32. The lowest BCUT2D eigenvalue weighted by Gasteiger charge is -2.32. The second-order valence-electron chi connectivity index (χ2n) is 9.15. The first-order valence-corrected chi connectivity index (χ1v) is 13.4. The van der Waals surface area contributed by atoms with Crippen LogP contribution in [0, 0.1) is 12.7 Å². The molecule has 196 valence electrons. The maximum absolute atomic E-state index is 13.8. The molecule has 0 aromatic heterocycles. The Hall–Kier alpha value is -3.72. The van der Waals surface area contributed by atoms with Crippen LogP contribution in [-0.4, -0.2) is 43.8 Å². The van der Waals surface area contributed by atoms with Crippen LogP contribution in [0.3, 0.4) is 0 Å². The zero-order chi connectivity index (χ0) is 27.2. The minimum Gasteiger partial charge on any atom is -0.352 e. The van der Waals surface area contributed by atoms with Gasteiger partial charge in [-0.25, -0.2) is 12.8 Å². The minimum absolute atomic E-state index is 0.117. The molecule has 0 spiro atoms. The second kappa shape index (κ2) is 12.0. The molecule has 1 atom stereocenters. The van der Waals surface area contributed by atoms with E-state index in [4.69, 9.17) is 0 Å². The molecule has 0 saturated heterocycles. The Labute approximate surface area is 218 Å². The van der Waals surface area contributed by atoms with Gasteiger partial charge in [-0.2, -0.15) is 0 Å². The largest absolute Gasteiger partial charge is 0.352 e. The number of carbonyl (C=O) groups excluding carboxylic acids is 2. The van der Waals surface area contributed by atoms with E-state index in [9.17, 15) is 22.4 Å². The van der Waals surface area contributed by atoms with Crippen molar-refractivity contribution in [3.63, 3.8) is 0 Å². The Kier molecular flexibility index (Phi) is 9.04. The molecule has 3 aromatic carbocycles. The number of hydrogen-bond donors (Lipinski definition) is 1. The van der Waals surface area contributed by atoms with Gasteiger partial charge in [0, 0.05) is 12.6 Å². The van der Waals surface area contributed by atoms with Gasteiger partial charge in [-0.05, 0) is 69.7 Å². The standard InChI is InChI=1S/C28H32FN3O4S/c1-20(2)30-28(34)22(4)31(18-23-10-8-9-21(3)17-23)27(33)19-32(25-11-6-5-7-12-25)37(35,36)26-15-13-24(29)14-16-26/h5-17,20,22H,18-19H2,1-4H3,(H,30,34). The van der Waals surface area contributed by atoms with E-state index in [1.54, 1.807) is 37.3 Å². The molecule has 0 aliphatic heterocycles. The Morgan fingerprint density at radius 3 is 2.16 bits per heavy atom. The normalized spacial score (nSPS) is 12.2. The molecular weight excluding hydrogens is 493 g/mol. The summed E-state index contributed by atoms with van der Waals surface area (Å²) in [6.07, 6.45) is 0. The van der Waals surface area contributed by atoms with Gasteiger partial charge in [-0.15, -0.1) is 0 Å². The highest BCUT2D eigenvalue weighted by molar-refractivity contribution is 7.92. The van der Waals surface area contributed by atoms with Crippen molar-refractivity contribution >= 4 is 27.5 Å². The predicted molar refractivity (Wildman–Crippen MR) is 142 cm³/mol. The van der Waals surface area contributed by atoms with E-state index in [-0.39, 0.29) is 29.1 Å². The zero-order valence-electron chi connectivity index (χ0n) is 21.4. The van der Waals surface area contributed by atoms with Crippen LogP contribution in [0.5, 0.6) is 0 Å². The highest BCUT2D eigenvalue weighted by Crippen LogP contribution is 2.24. The van der Waals surface area contributed by atoms with E-state index in [0.29, 0.717) is 0 Å². The molecule has 0 fully saturated rings. The third kappa shape index (κ3) is 7.16. The minimum atomic E-state index is -4.23. The lowest BCUT2D eigenvalue weighted by Crippen LogP contribution is -2.52. The molecule has 0 heterocycles. The van der Waals surface area contributed by atoms with Crippen molar-refractivity contribution in [1.82, 2.24) is 10.2 Å². The summed E-state index contributed by atoms with van der Waals surface area (Å²) in [4.78, 5) is 27.9. The van der Waals surface area contributed by atoms with E-state index in [2.05, 4.69) is 5.32 Å². The van der Waals surface area contributed by atoms with Crippen LogP contribution >= 0.6 is 0 Å². The van der Waals surface area contributed by atoms with Crippen LogP contribution in [0.25, 0.3) is 0 Å². The Balaban J connectivity index is 2.00. The summed E-state index contributed by atoms with van der Waals surface area (Å²) in [6, 6.07) is 19.2. The van der Waals surface area contributed by atoms with E-state index in [0.717, 1.165) is 39.7 Å². The van der Waals surface area contributed by atoms with Gasteiger partial charge in [0.25, 0.3) is 10.0 Å². The summed E-state index contributed by atoms with van der Waals surface area (Å²) < 4.78 is 41.7. The number of carbonyl (C=O) groups is 2. The molecule has 0 aliphatic rings. The first-order chi connectivity index (χ1) is 17.5. The first-order valence-electron chi connectivity index (χ1n) is 12.0. The van der Waals surface area contributed by atoms with Gasteiger partial charge >= 0.3 is 0 Å². The van der Waals surface area contributed by atoms with Gasteiger partial charge in [-0.3, -0.25) is 13.9 Å². The fourth-order valence-corrected chi connectivity index (χ4v) is 5.27. The summed E-state index contributed by atoms with van der Waals surface area (Å²) in [5, 5.41) is 2.82. The fraction of sp³-hybridized carbons (Fsp3) is 0.286. The van der Waals surface area contributed by atoms with Crippen LogP contribution < -0.4 is 9.62 Å². The number of para-hydroxylation sites is 1. The molecule has 7 nitrogen and oxygen atoms in total. The summed E-state index contributed by atoms with van der Waals surface area (Å²) in [5.41, 5.74) is 2.08. The quantitative estimate of drug-likeness (QED) is 0.428. The van der Waals surface area contributed by atoms with Crippen molar-refractivity contribution in [3.8, 4) is 0 Å². The molecule has 1 N–H and O–H groups in total. The van der Waals surface area contributed by atoms with Gasteiger partial charge in [-0.1, -0.05) is 48.0 Å². The molecule has 0 bridgehead atoms. The molecule has 2 amide bonds. The van der Waals surface area contributed by atoms with Crippen LogP contribution in [0.15, 0.2) is 83.8 Å². The van der Waals surface area contributed by atoms with Crippen molar-refractivity contribution in [1.29, 1.82) is 0 Å². The van der Waals surface area contributed by atoms with Crippen LogP contribution in [0.1, 0.15) is 31.9 Å². The average molecular weight is 526 g/mol. The molecule has 37 heavy (non-hydrogen) atoms. The number of halogens is 1. The number of benzene rings is 3. The highest BCUT2D eigenvalue weighted by atomic mass is 32.2. The Morgan fingerprint density at radius 2 is 1.57 bits per heavy atom. The van der Waals surface area contributed by atoms with Gasteiger partial charge in [0.15, 0.2) is 0 Å². The van der Waals surface area contributed by atoms with Gasteiger partial charge in [0.2, 0.25) is 11.8 Å². The van der Waals surface area contributed by atoms with Crippen molar-refractivity contribution in [3.05, 3.63) is 95.8 Å². The number of rotatable bonds is 10. The van der Waals surface area contributed by atoms with E-state index in [1.807, 2.05) is 45.0 Å². The molecule has 9 heteroatoms. The predicted octanol–water partition coefficient (Wildman–Crippen LogP) is 4.27. The number of nitrogens with one attached hydrogen (secondary N) is 1.